The zero-order chi connectivity index (χ0) is 17.6. The maximum atomic E-state index is 10.6. The van der Waals surface area contributed by atoms with E-state index in [9.17, 15) is 9.90 Å². The number of hydrogen-bond donors (Lipinski definition) is 0. The van der Waals surface area contributed by atoms with Crippen LogP contribution in [0.3, 0.4) is 0 Å². The van der Waals surface area contributed by atoms with Crippen LogP contribution < -0.4 is 14.6 Å². The molecule has 6 nitrogen and oxygen atoms in total. The lowest BCUT2D eigenvalue weighted by Crippen LogP contribution is -2.24. The SMILES string of the molecule is COc1cccc(Cc2nsc(Oc3ccc(CC(=O)[O-])cc3)n2)c1. The molecule has 1 aromatic heterocycles. The maximum Gasteiger partial charge on any atom is 0.298 e. The van der Waals surface area contributed by atoms with Crippen molar-refractivity contribution in [3.05, 3.63) is 65.5 Å². The average Bonchev–Trinajstić information content (AvgIpc) is 3.03. The second-order valence-corrected chi connectivity index (χ2v) is 6.01. The molecule has 0 amide bonds. The van der Waals surface area contributed by atoms with Gasteiger partial charge in [0.25, 0.3) is 5.19 Å². The minimum atomic E-state index is -1.11. The van der Waals surface area contributed by atoms with Crippen LogP contribution in [0, 0.1) is 0 Å². The Kier molecular flexibility index (Phi) is 5.25. The lowest BCUT2D eigenvalue weighted by molar-refractivity contribution is -0.304. The summed E-state index contributed by atoms with van der Waals surface area (Å²) in [6.07, 6.45) is 0.464. The number of carbonyl (C=O) groups is 1. The third-order valence-electron chi connectivity index (χ3n) is 3.42. The van der Waals surface area contributed by atoms with Crippen molar-refractivity contribution in [1.29, 1.82) is 0 Å². The third-order valence-corrected chi connectivity index (χ3v) is 4.06. The van der Waals surface area contributed by atoms with Gasteiger partial charge in [0.1, 0.15) is 11.5 Å². The summed E-state index contributed by atoms with van der Waals surface area (Å²) in [5.41, 5.74) is 1.71. The Morgan fingerprint density at radius 3 is 2.64 bits per heavy atom. The average molecular weight is 355 g/mol. The minimum absolute atomic E-state index is 0.121. The van der Waals surface area contributed by atoms with Gasteiger partial charge in [-0.15, -0.1) is 0 Å². The van der Waals surface area contributed by atoms with E-state index in [2.05, 4.69) is 9.36 Å². The first-order chi connectivity index (χ1) is 12.1. The topological polar surface area (TPSA) is 84.4 Å². The number of carbonyl (C=O) groups excluding carboxylic acids is 1. The Bertz CT molecular complexity index is 862. The van der Waals surface area contributed by atoms with Gasteiger partial charge in [-0.2, -0.15) is 9.36 Å². The Labute approximate surface area is 148 Å². The molecular formula is C18H15N2O4S-. The Balaban J connectivity index is 1.64. The quantitative estimate of drug-likeness (QED) is 0.646. The Morgan fingerprint density at radius 2 is 1.92 bits per heavy atom. The molecule has 0 bridgehead atoms. The summed E-state index contributed by atoms with van der Waals surface area (Å²) in [4.78, 5) is 14.9. The van der Waals surface area contributed by atoms with E-state index in [1.54, 1.807) is 31.4 Å². The molecule has 0 spiro atoms. The summed E-state index contributed by atoms with van der Waals surface area (Å²) < 4.78 is 15.2. The summed E-state index contributed by atoms with van der Waals surface area (Å²) in [7, 11) is 1.63. The van der Waals surface area contributed by atoms with E-state index < -0.39 is 5.97 Å². The monoisotopic (exact) mass is 355 g/mol. The van der Waals surface area contributed by atoms with Crippen LogP contribution in [0.4, 0.5) is 0 Å². The van der Waals surface area contributed by atoms with E-state index in [1.807, 2.05) is 24.3 Å². The number of hydrogen-bond acceptors (Lipinski definition) is 7. The minimum Gasteiger partial charge on any atom is -0.550 e. The lowest BCUT2D eigenvalue weighted by Gasteiger charge is -2.04. The van der Waals surface area contributed by atoms with Crippen molar-refractivity contribution in [3.8, 4) is 16.7 Å². The molecule has 0 radical (unpaired) electrons. The van der Waals surface area contributed by atoms with E-state index in [0.29, 0.717) is 28.8 Å². The Hall–Kier alpha value is -2.93. The number of rotatable bonds is 7. The fourth-order valence-electron chi connectivity index (χ4n) is 2.26. The third kappa shape index (κ3) is 4.77. The zero-order valence-corrected chi connectivity index (χ0v) is 14.3. The molecule has 0 saturated carbocycles. The molecule has 0 aliphatic heterocycles. The van der Waals surface area contributed by atoms with Crippen LogP contribution in [0.1, 0.15) is 17.0 Å². The second kappa shape index (κ2) is 7.76. The van der Waals surface area contributed by atoms with Crippen LogP contribution in [0.5, 0.6) is 16.7 Å². The van der Waals surface area contributed by atoms with E-state index in [-0.39, 0.29) is 6.42 Å². The van der Waals surface area contributed by atoms with E-state index in [0.717, 1.165) is 11.3 Å². The molecule has 7 heteroatoms. The Morgan fingerprint density at radius 1 is 1.12 bits per heavy atom. The van der Waals surface area contributed by atoms with E-state index in [4.69, 9.17) is 9.47 Å². The molecule has 3 aromatic rings. The van der Waals surface area contributed by atoms with Crippen LogP contribution in [-0.2, 0) is 17.6 Å². The molecule has 0 fully saturated rings. The zero-order valence-electron chi connectivity index (χ0n) is 13.5. The first-order valence-corrected chi connectivity index (χ1v) is 8.32. The molecule has 0 unspecified atom stereocenters. The smallest absolute Gasteiger partial charge is 0.298 e. The number of aliphatic carboxylic acids is 1. The molecule has 1 heterocycles. The molecule has 2 aromatic carbocycles. The van der Waals surface area contributed by atoms with Crippen LogP contribution in [0.2, 0.25) is 0 Å². The summed E-state index contributed by atoms with van der Waals surface area (Å²) in [6, 6.07) is 14.5. The van der Waals surface area contributed by atoms with Crippen LogP contribution in [-0.4, -0.2) is 22.4 Å². The van der Waals surface area contributed by atoms with Crippen molar-refractivity contribution in [2.24, 2.45) is 0 Å². The first kappa shape index (κ1) is 16.9. The lowest BCUT2D eigenvalue weighted by atomic mass is 10.1. The number of nitrogens with zero attached hydrogens (tertiary/aromatic N) is 2. The van der Waals surface area contributed by atoms with Gasteiger partial charge in [0.05, 0.1) is 7.11 Å². The van der Waals surface area contributed by atoms with Gasteiger partial charge in [0.15, 0.2) is 5.82 Å². The van der Waals surface area contributed by atoms with Gasteiger partial charge in [-0.25, -0.2) is 0 Å². The molecule has 0 aliphatic carbocycles. The van der Waals surface area contributed by atoms with Crippen molar-refractivity contribution < 1.29 is 19.4 Å². The summed E-state index contributed by atoms with van der Waals surface area (Å²) in [5.74, 6) is 0.925. The summed E-state index contributed by atoms with van der Waals surface area (Å²) >= 11 is 1.17. The molecule has 128 valence electrons. The van der Waals surface area contributed by atoms with Crippen LogP contribution >= 0.6 is 11.5 Å². The summed E-state index contributed by atoms with van der Waals surface area (Å²) in [6.45, 7) is 0. The number of carboxylic acid groups (broad SMARTS) is 1. The van der Waals surface area contributed by atoms with Crippen molar-refractivity contribution in [2.75, 3.05) is 7.11 Å². The normalized spacial score (nSPS) is 10.4. The fraction of sp³-hybridized carbons (Fsp3) is 0.167. The highest BCUT2D eigenvalue weighted by atomic mass is 32.1. The van der Waals surface area contributed by atoms with Crippen molar-refractivity contribution in [2.45, 2.75) is 12.8 Å². The van der Waals surface area contributed by atoms with Gasteiger partial charge in [-0.05, 0) is 35.4 Å². The highest BCUT2D eigenvalue weighted by Gasteiger charge is 2.08. The van der Waals surface area contributed by atoms with Crippen LogP contribution in [0.15, 0.2) is 48.5 Å². The number of aromatic nitrogens is 2. The van der Waals surface area contributed by atoms with Gasteiger partial charge in [0, 0.05) is 30.3 Å². The highest BCUT2D eigenvalue weighted by Crippen LogP contribution is 2.24. The molecular weight excluding hydrogens is 340 g/mol. The molecule has 25 heavy (non-hydrogen) atoms. The predicted octanol–water partition coefficient (Wildman–Crippen LogP) is 2.22. The number of carboxylic acids is 1. The largest absolute Gasteiger partial charge is 0.550 e. The van der Waals surface area contributed by atoms with Crippen molar-refractivity contribution >= 4 is 17.5 Å². The first-order valence-electron chi connectivity index (χ1n) is 7.54. The maximum absolute atomic E-state index is 10.6. The highest BCUT2D eigenvalue weighted by molar-refractivity contribution is 7.07. The van der Waals surface area contributed by atoms with Crippen LogP contribution in [0.25, 0.3) is 0 Å². The number of ether oxygens (including phenoxy) is 2. The van der Waals surface area contributed by atoms with Crippen molar-refractivity contribution in [3.63, 3.8) is 0 Å². The van der Waals surface area contributed by atoms with Gasteiger partial charge < -0.3 is 19.4 Å². The van der Waals surface area contributed by atoms with Gasteiger partial charge in [-0.1, -0.05) is 24.3 Å². The molecule has 0 saturated heterocycles. The number of benzene rings is 2. The molecule has 3 rings (SSSR count). The summed E-state index contributed by atoms with van der Waals surface area (Å²) in [5, 5.41) is 11.0. The van der Waals surface area contributed by atoms with Gasteiger partial charge >= 0.3 is 0 Å². The van der Waals surface area contributed by atoms with Gasteiger partial charge in [-0.3, -0.25) is 0 Å². The van der Waals surface area contributed by atoms with E-state index >= 15 is 0 Å². The molecule has 0 N–H and O–H groups in total. The second-order valence-electron chi connectivity index (χ2n) is 5.30. The fourth-order valence-corrected chi connectivity index (χ4v) is 2.83. The standard InChI is InChI=1S/C18H16N2O4S/c1-23-15-4-2-3-13(9-15)10-16-19-18(25-20-16)24-14-7-5-12(6-8-14)11-17(21)22/h2-9H,10-11H2,1H3,(H,21,22)/p-1. The van der Waals surface area contributed by atoms with Gasteiger partial charge in [0.2, 0.25) is 0 Å². The molecule has 0 atom stereocenters. The molecule has 0 aliphatic rings. The van der Waals surface area contributed by atoms with Crippen molar-refractivity contribution in [1.82, 2.24) is 9.36 Å². The predicted molar refractivity (Wildman–Crippen MR) is 90.9 cm³/mol. The number of methoxy groups -OCH3 is 1. The van der Waals surface area contributed by atoms with E-state index in [1.165, 1.54) is 11.5 Å².